The van der Waals surface area contributed by atoms with Gasteiger partial charge in [-0.25, -0.2) is 17.8 Å². The second kappa shape index (κ2) is 11.4. The summed E-state index contributed by atoms with van der Waals surface area (Å²) in [5.74, 6) is -0.198. The second-order valence-electron chi connectivity index (χ2n) is 8.49. The van der Waals surface area contributed by atoms with Crippen LogP contribution in [-0.4, -0.2) is 67.9 Å². The maximum atomic E-state index is 14.9. The Balaban J connectivity index is 1.81. The van der Waals surface area contributed by atoms with Crippen LogP contribution in [0.2, 0.25) is 5.15 Å². The van der Waals surface area contributed by atoms with Gasteiger partial charge in [-0.15, -0.1) is 0 Å². The van der Waals surface area contributed by atoms with E-state index < -0.39 is 22.2 Å². The summed E-state index contributed by atoms with van der Waals surface area (Å²) in [4.78, 5) is 18.1. The molecule has 33 heavy (non-hydrogen) atoms. The summed E-state index contributed by atoms with van der Waals surface area (Å²) in [5, 5.41) is 3.03. The number of hydrogen-bond donors (Lipinski definition) is 1. The number of alkyl halides is 1. The number of amides is 1. The Bertz CT molecular complexity index is 1030. The summed E-state index contributed by atoms with van der Waals surface area (Å²) in [5.41, 5.74) is 1.15. The van der Waals surface area contributed by atoms with Gasteiger partial charge in [-0.05, 0) is 56.8 Å². The van der Waals surface area contributed by atoms with Crippen LogP contribution in [0.25, 0.3) is 0 Å². The Hall–Kier alpha value is -2.07. The molecule has 1 saturated carbocycles. The first-order valence-electron chi connectivity index (χ1n) is 11.0. The van der Waals surface area contributed by atoms with Crippen molar-refractivity contribution in [3.63, 3.8) is 0 Å². The van der Waals surface area contributed by atoms with Crippen molar-refractivity contribution < 1.29 is 17.6 Å². The average molecular weight is 497 g/mol. The number of benzene rings is 1. The van der Waals surface area contributed by atoms with Crippen LogP contribution in [0, 0.1) is 0 Å². The molecule has 3 rings (SSSR count). The van der Waals surface area contributed by atoms with E-state index in [0.29, 0.717) is 30.5 Å². The van der Waals surface area contributed by atoms with Crippen molar-refractivity contribution in [2.24, 2.45) is 0 Å². The van der Waals surface area contributed by atoms with Crippen molar-refractivity contribution in [1.29, 1.82) is 0 Å². The molecule has 1 amide bonds. The molecule has 7 nitrogen and oxygen atoms in total. The van der Waals surface area contributed by atoms with Crippen LogP contribution in [0.1, 0.15) is 41.6 Å². The molecule has 2 unspecified atom stereocenters. The van der Waals surface area contributed by atoms with Crippen molar-refractivity contribution in [3.8, 4) is 0 Å². The molecule has 1 aliphatic rings. The number of sulfonamides is 1. The molecule has 2 aromatic rings. The highest BCUT2D eigenvalue weighted by Gasteiger charge is 2.38. The van der Waals surface area contributed by atoms with E-state index in [0.717, 1.165) is 19.4 Å². The standard InChI is InChI=1S/C23H30ClFN4O3S/c1-28(2)14-13-26-23(30)18-9-7-17(8-10-18)16-29(21-6-4-3-5-20(21)25)33(31,32)19-11-12-22(24)27-15-19/h7-12,15,20-21H,3-6,13-14,16H2,1-2H3,(H,26,30). The van der Waals surface area contributed by atoms with Gasteiger partial charge in [-0.3, -0.25) is 4.79 Å². The zero-order valence-corrected chi connectivity index (χ0v) is 20.4. The summed E-state index contributed by atoms with van der Waals surface area (Å²) >= 11 is 5.82. The number of nitrogens with zero attached hydrogens (tertiary/aromatic N) is 3. The summed E-state index contributed by atoms with van der Waals surface area (Å²) in [6, 6.07) is 8.76. The number of halogens is 2. The molecule has 10 heteroatoms. The van der Waals surface area contributed by atoms with Gasteiger partial charge in [0.2, 0.25) is 10.0 Å². The van der Waals surface area contributed by atoms with E-state index >= 15 is 0 Å². The number of pyridine rings is 1. The van der Waals surface area contributed by atoms with E-state index in [2.05, 4.69) is 10.3 Å². The molecular weight excluding hydrogens is 467 g/mol. The van der Waals surface area contributed by atoms with Crippen molar-refractivity contribution in [2.45, 2.75) is 49.3 Å². The molecule has 1 aromatic carbocycles. The Morgan fingerprint density at radius 1 is 1.15 bits per heavy atom. The molecule has 180 valence electrons. The number of aromatic nitrogens is 1. The van der Waals surface area contributed by atoms with Crippen LogP contribution in [0.4, 0.5) is 4.39 Å². The minimum absolute atomic E-state index is 0.00141. The van der Waals surface area contributed by atoms with Crippen molar-refractivity contribution in [2.75, 3.05) is 27.2 Å². The van der Waals surface area contributed by atoms with Crippen LogP contribution in [0.5, 0.6) is 0 Å². The van der Waals surface area contributed by atoms with Crippen molar-refractivity contribution >= 4 is 27.5 Å². The molecule has 1 N–H and O–H groups in total. The fourth-order valence-corrected chi connectivity index (χ4v) is 5.58. The molecule has 1 aromatic heterocycles. The maximum absolute atomic E-state index is 14.9. The third-order valence-corrected chi connectivity index (χ3v) is 7.80. The first-order chi connectivity index (χ1) is 15.7. The molecule has 0 aliphatic heterocycles. The minimum Gasteiger partial charge on any atom is -0.351 e. The smallest absolute Gasteiger partial charge is 0.251 e. The minimum atomic E-state index is -4.01. The number of carbonyl (C=O) groups is 1. The second-order valence-corrected chi connectivity index (χ2v) is 10.8. The Kier molecular flexibility index (Phi) is 8.81. The molecule has 1 aliphatic carbocycles. The van der Waals surface area contributed by atoms with Gasteiger partial charge >= 0.3 is 0 Å². The zero-order chi connectivity index (χ0) is 24.0. The number of rotatable bonds is 9. The van der Waals surface area contributed by atoms with Crippen LogP contribution < -0.4 is 5.32 Å². The Morgan fingerprint density at radius 3 is 2.45 bits per heavy atom. The number of likely N-dealkylation sites (N-methyl/N-ethyl adjacent to an activating group) is 1. The summed E-state index contributed by atoms with van der Waals surface area (Å²) in [6.45, 7) is 1.24. The van der Waals surface area contributed by atoms with E-state index in [9.17, 15) is 17.6 Å². The van der Waals surface area contributed by atoms with Gasteiger partial charge < -0.3 is 10.2 Å². The Labute approximate surface area is 200 Å². The van der Waals surface area contributed by atoms with Crippen LogP contribution in [0.15, 0.2) is 47.5 Å². The quantitative estimate of drug-likeness (QED) is 0.537. The average Bonchev–Trinajstić information content (AvgIpc) is 2.78. The van der Waals surface area contributed by atoms with Gasteiger partial charge in [0.15, 0.2) is 0 Å². The molecule has 2 atom stereocenters. The Morgan fingerprint density at radius 2 is 1.85 bits per heavy atom. The number of carbonyl (C=O) groups excluding carboxylic acids is 1. The molecule has 1 fully saturated rings. The predicted octanol–water partition coefficient (Wildman–Crippen LogP) is 3.50. The van der Waals surface area contributed by atoms with Gasteiger partial charge in [0.25, 0.3) is 5.91 Å². The highest BCUT2D eigenvalue weighted by Crippen LogP contribution is 2.31. The molecule has 0 spiro atoms. The number of hydrogen-bond acceptors (Lipinski definition) is 5. The molecule has 0 saturated heterocycles. The molecular formula is C23H30ClFN4O3S. The van der Waals surface area contributed by atoms with E-state index in [1.54, 1.807) is 24.3 Å². The third kappa shape index (κ3) is 6.72. The van der Waals surface area contributed by atoms with E-state index in [1.165, 1.54) is 22.6 Å². The van der Waals surface area contributed by atoms with Crippen molar-refractivity contribution in [1.82, 2.24) is 19.5 Å². The normalized spacial score (nSPS) is 19.1. The molecule has 0 bridgehead atoms. The van der Waals surface area contributed by atoms with Gasteiger partial charge in [-0.1, -0.05) is 36.6 Å². The summed E-state index contributed by atoms with van der Waals surface area (Å²) < 4.78 is 43.0. The lowest BCUT2D eigenvalue weighted by atomic mass is 9.93. The van der Waals surface area contributed by atoms with Crippen molar-refractivity contribution in [3.05, 3.63) is 58.9 Å². The zero-order valence-electron chi connectivity index (χ0n) is 18.9. The predicted molar refractivity (Wildman–Crippen MR) is 126 cm³/mol. The fraction of sp³-hybridized carbons (Fsp3) is 0.478. The molecule has 1 heterocycles. The van der Waals surface area contributed by atoms with Gasteiger partial charge in [0.05, 0.1) is 6.04 Å². The lowest BCUT2D eigenvalue weighted by molar-refractivity contribution is 0.0951. The van der Waals surface area contributed by atoms with Crippen LogP contribution >= 0.6 is 11.6 Å². The van der Waals surface area contributed by atoms with Gasteiger partial charge in [0.1, 0.15) is 16.2 Å². The molecule has 0 radical (unpaired) electrons. The first-order valence-corrected chi connectivity index (χ1v) is 12.8. The highest BCUT2D eigenvalue weighted by molar-refractivity contribution is 7.89. The van der Waals surface area contributed by atoms with Gasteiger partial charge in [0, 0.05) is 31.4 Å². The lowest BCUT2D eigenvalue weighted by Gasteiger charge is -2.35. The number of nitrogens with one attached hydrogen (secondary N) is 1. The third-order valence-electron chi connectivity index (χ3n) is 5.72. The van der Waals surface area contributed by atoms with E-state index in [-0.39, 0.29) is 22.5 Å². The van der Waals surface area contributed by atoms with E-state index in [4.69, 9.17) is 11.6 Å². The monoisotopic (exact) mass is 496 g/mol. The lowest BCUT2D eigenvalue weighted by Crippen LogP contribution is -2.46. The van der Waals surface area contributed by atoms with Crippen LogP contribution in [0.3, 0.4) is 0 Å². The van der Waals surface area contributed by atoms with Crippen LogP contribution in [-0.2, 0) is 16.6 Å². The highest BCUT2D eigenvalue weighted by atomic mass is 35.5. The van der Waals surface area contributed by atoms with E-state index in [1.807, 2.05) is 19.0 Å². The first kappa shape index (κ1) is 25.6. The maximum Gasteiger partial charge on any atom is 0.251 e. The topological polar surface area (TPSA) is 82.6 Å². The summed E-state index contributed by atoms with van der Waals surface area (Å²) in [7, 11) is -0.155. The fourth-order valence-electron chi connectivity index (χ4n) is 3.86. The SMILES string of the molecule is CN(C)CCNC(=O)c1ccc(CN(C2CCCCC2F)S(=O)(=O)c2ccc(Cl)nc2)cc1. The van der Waals surface area contributed by atoms with Gasteiger partial charge in [-0.2, -0.15) is 4.31 Å². The largest absolute Gasteiger partial charge is 0.351 e. The summed E-state index contributed by atoms with van der Waals surface area (Å²) in [6.07, 6.45) is 2.25.